The summed E-state index contributed by atoms with van der Waals surface area (Å²) in [6.45, 7) is 9.75. The van der Waals surface area contributed by atoms with E-state index in [-0.39, 0.29) is 0 Å². The molecular weight excluding hydrogens is 326 g/mol. The highest BCUT2D eigenvalue weighted by molar-refractivity contribution is 5.80. The average molecular weight is 360 g/mol. The van der Waals surface area contributed by atoms with Gasteiger partial charge in [0.1, 0.15) is 0 Å². The number of hydrogen-bond acceptors (Lipinski definition) is 4. The molecule has 0 aliphatic carbocycles. The summed E-state index contributed by atoms with van der Waals surface area (Å²) in [5.41, 5.74) is 2.47. The minimum absolute atomic E-state index is 0.627. The van der Waals surface area contributed by atoms with E-state index in [2.05, 4.69) is 65.3 Å². The molecule has 0 saturated carbocycles. The summed E-state index contributed by atoms with van der Waals surface area (Å²) < 4.78 is 5.49. The number of hydrogen-bond donors (Lipinski definition) is 1. The van der Waals surface area contributed by atoms with Gasteiger partial charge in [0, 0.05) is 58.5 Å². The first-order chi connectivity index (χ1) is 12.7. The summed E-state index contributed by atoms with van der Waals surface area (Å²) in [6, 6.07) is 9.28. The van der Waals surface area contributed by atoms with Crippen LogP contribution in [-0.2, 0) is 11.3 Å². The Balaban J connectivity index is 1.60. The molecule has 2 aliphatic rings. The molecule has 6 nitrogen and oxygen atoms in total. The molecule has 0 aromatic heterocycles. The molecule has 0 spiro atoms. The fourth-order valence-electron chi connectivity index (χ4n) is 3.67. The normalized spacial score (nSPS) is 21.9. The number of guanidine groups is 1. The maximum absolute atomic E-state index is 5.49. The van der Waals surface area contributed by atoms with Crippen molar-refractivity contribution >= 4 is 11.6 Å². The SMILES string of the molecule is CCNC(=NCc1ccc(N(C)C)cc1)N1CCC(N2CCOCC2)C1. The van der Waals surface area contributed by atoms with Gasteiger partial charge in [-0.1, -0.05) is 12.1 Å². The molecule has 26 heavy (non-hydrogen) atoms. The second kappa shape index (κ2) is 9.24. The molecule has 1 aromatic carbocycles. The van der Waals surface area contributed by atoms with Crippen molar-refractivity contribution in [2.75, 3.05) is 64.9 Å². The van der Waals surface area contributed by atoms with E-state index >= 15 is 0 Å². The van der Waals surface area contributed by atoms with E-state index in [1.165, 1.54) is 17.7 Å². The van der Waals surface area contributed by atoms with Crippen molar-refractivity contribution in [3.63, 3.8) is 0 Å². The molecule has 0 amide bonds. The van der Waals surface area contributed by atoms with E-state index in [0.717, 1.165) is 58.4 Å². The smallest absolute Gasteiger partial charge is 0.194 e. The first kappa shape index (κ1) is 19.0. The first-order valence-corrected chi connectivity index (χ1v) is 9.78. The molecule has 1 unspecified atom stereocenters. The Morgan fingerprint density at radius 2 is 1.92 bits per heavy atom. The van der Waals surface area contributed by atoms with E-state index in [1.54, 1.807) is 0 Å². The third kappa shape index (κ3) is 4.89. The van der Waals surface area contributed by atoms with Gasteiger partial charge in [0.05, 0.1) is 19.8 Å². The number of likely N-dealkylation sites (tertiary alicyclic amines) is 1. The predicted molar refractivity (Wildman–Crippen MR) is 108 cm³/mol. The molecule has 2 aliphatic heterocycles. The van der Waals surface area contributed by atoms with Gasteiger partial charge < -0.3 is 19.9 Å². The number of nitrogens with zero attached hydrogens (tertiary/aromatic N) is 4. The van der Waals surface area contributed by atoms with Crippen LogP contribution in [0.4, 0.5) is 5.69 Å². The molecule has 1 aromatic rings. The maximum atomic E-state index is 5.49. The fourth-order valence-corrected chi connectivity index (χ4v) is 3.67. The summed E-state index contributed by atoms with van der Waals surface area (Å²) >= 11 is 0. The van der Waals surface area contributed by atoms with Crippen LogP contribution < -0.4 is 10.2 Å². The van der Waals surface area contributed by atoms with Crippen molar-refractivity contribution in [2.24, 2.45) is 4.99 Å². The van der Waals surface area contributed by atoms with E-state index in [9.17, 15) is 0 Å². The van der Waals surface area contributed by atoms with E-state index in [0.29, 0.717) is 6.04 Å². The van der Waals surface area contributed by atoms with Crippen molar-refractivity contribution in [1.29, 1.82) is 0 Å². The van der Waals surface area contributed by atoms with E-state index < -0.39 is 0 Å². The Hall–Kier alpha value is -1.79. The Bertz CT molecular complexity index is 580. The summed E-state index contributed by atoms with van der Waals surface area (Å²) in [6.07, 6.45) is 1.21. The second-order valence-electron chi connectivity index (χ2n) is 7.27. The lowest BCUT2D eigenvalue weighted by molar-refractivity contribution is 0.0195. The fraction of sp³-hybridized carbons (Fsp3) is 0.650. The maximum Gasteiger partial charge on any atom is 0.194 e. The minimum atomic E-state index is 0.627. The summed E-state index contributed by atoms with van der Waals surface area (Å²) in [7, 11) is 4.13. The zero-order chi connectivity index (χ0) is 18.4. The zero-order valence-corrected chi connectivity index (χ0v) is 16.4. The van der Waals surface area contributed by atoms with Crippen molar-refractivity contribution in [1.82, 2.24) is 15.1 Å². The number of rotatable bonds is 5. The minimum Gasteiger partial charge on any atom is -0.379 e. The van der Waals surface area contributed by atoms with Crippen molar-refractivity contribution < 1.29 is 4.74 Å². The monoisotopic (exact) mass is 359 g/mol. The molecule has 2 saturated heterocycles. The summed E-state index contributed by atoms with van der Waals surface area (Å²) in [5, 5.41) is 3.47. The number of morpholine rings is 1. The molecule has 0 bridgehead atoms. The number of benzene rings is 1. The topological polar surface area (TPSA) is 43.3 Å². The van der Waals surface area contributed by atoms with Gasteiger partial charge >= 0.3 is 0 Å². The Kier molecular flexibility index (Phi) is 6.74. The summed E-state index contributed by atoms with van der Waals surface area (Å²) in [5.74, 6) is 1.04. The Morgan fingerprint density at radius 1 is 1.19 bits per heavy atom. The van der Waals surface area contributed by atoms with Crippen molar-refractivity contribution in [2.45, 2.75) is 25.9 Å². The van der Waals surface area contributed by atoms with Crippen LogP contribution >= 0.6 is 0 Å². The van der Waals surface area contributed by atoms with Crippen LogP contribution in [0.1, 0.15) is 18.9 Å². The zero-order valence-electron chi connectivity index (χ0n) is 16.4. The van der Waals surface area contributed by atoms with Gasteiger partial charge in [0.25, 0.3) is 0 Å². The number of ether oxygens (including phenoxy) is 1. The van der Waals surface area contributed by atoms with Crippen LogP contribution in [0.2, 0.25) is 0 Å². The quantitative estimate of drug-likeness (QED) is 0.639. The van der Waals surface area contributed by atoms with Crippen LogP contribution in [0.3, 0.4) is 0 Å². The lowest BCUT2D eigenvalue weighted by Crippen LogP contribution is -2.46. The van der Waals surface area contributed by atoms with Gasteiger partial charge in [0.15, 0.2) is 5.96 Å². The molecule has 1 atom stereocenters. The molecule has 0 radical (unpaired) electrons. The van der Waals surface area contributed by atoms with Gasteiger partial charge in [-0.2, -0.15) is 0 Å². The molecule has 6 heteroatoms. The lowest BCUT2D eigenvalue weighted by atomic mass is 10.2. The lowest BCUT2D eigenvalue weighted by Gasteiger charge is -2.32. The van der Waals surface area contributed by atoms with Crippen LogP contribution in [0.15, 0.2) is 29.3 Å². The van der Waals surface area contributed by atoms with E-state index in [1.807, 2.05) is 0 Å². The second-order valence-corrected chi connectivity index (χ2v) is 7.27. The Morgan fingerprint density at radius 3 is 2.58 bits per heavy atom. The van der Waals surface area contributed by atoms with Crippen molar-refractivity contribution in [3.8, 4) is 0 Å². The highest BCUT2D eigenvalue weighted by atomic mass is 16.5. The number of aliphatic imine (C=N–C) groups is 1. The largest absolute Gasteiger partial charge is 0.379 e. The van der Waals surface area contributed by atoms with E-state index in [4.69, 9.17) is 9.73 Å². The molecule has 3 rings (SSSR count). The van der Waals surface area contributed by atoms with Crippen molar-refractivity contribution in [3.05, 3.63) is 29.8 Å². The van der Waals surface area contributed by atoms with Crippen LogP contribution in [0.5, 0.6) is 0 Å². The average Bonchev–Trinajstić information content (AvgIpc) is 3.16. The molecule has 1 N–H and O–H groups in total. The third-order valence-electron chi connectivity index (χ3n) is 5.22. The standard InChI is InChI=1S/C20H33N5O/c1-4-21-20(22-15-17-5-7-18(8-6-17)23(2)3)25-10-9-19(16-25)24-11-13-26-14-12-24/h5-8,19H,4,9-16H2,1-3H3,(H,21,22). The van der Waals surface area contributed by atoms with Gasteiger partial charge in [-0.05, 0) is 31.0 Å². The highest BCUT2D eigenvalue weighted by Gasteiger charge is 2.30. The van der Waals surface area contributed by atoms with Crippen LogP contribution in [0, 0.1) is 0 Å². The predicted octanol–water partition coefficient (Wildman–Crippen LogP) is 1.62. The van der Waals surface area contributed by atoms with Gasteiger partial charge in [-0.25, -0.2) is 4.99 Å². The Labute approximate surface area is 157 Å². The molecule has 2 fully saturated rings. The summed E-state index contributed by atoms with van der Waals surface area (Å²) in [4.78, 5) is 12.0. The number of nitrogens with one attached hydrogen (secondary N) is 1. The van der Waals surface area contributed by atoms with Crippen LogP contribution in [-0.4, -0.2) is 81.8 Å². The molecule has 144 valence electrons. The third-order valence-corrected chi connectivity index (χ3v) is 5.22. The number of anilines is 1. The molecular formula is C20H33N5O. The van der Waals surface area contributed by atoms with Gasteiger partial charge in [-0.15, -0.1) is 0 Å². The van der Waals surface area contributed by atoms with Gasteiger partial charge in [0.2, 0.25) is 0 Å². The van der Waals surface area contributed by atoms with Gasteiger partial charge in [-0.3, -0.25) is 4.90 Å². The molecule has 2 heterocycles. The highest BCUT2D eigenvalue weighted by Crippen LogP contribution is 2.18. The van der Waals surface area contributed by atoms with Crippen LogP contribution in [0.25, 0.3) is 0 Å². The first-order valence-electron chi connectivity index (χ1n) is 9.78.